The lowest BCUT2D eigenvalue weighted by Crippen LogP contribution is -2.10. The Labute approximate surface area is 132 Å². The van der Waals surface area contributed by atoms with E-state index in [1.807, 2.05) is 17.5 Å². The summed E-state index contributed by atoms with van der Waals surface area (Å²) in [5.41, 5.74) is 1.12. The van der Waals surface area contributed by atoms with E-state index >= 15 is 0 Å². The lowest BCUT2D eigenvalue weighted by atomic mass is 9.98. The summed E-state index contributed by atoms with van der Waals surface area (Å²) < 4.78 is 10.9. The SMILES string of the molecule is CC(C)(C)c1nc(COc2ccc3ccc(=O)oc3c2)cs1. The molecule has 0 radical (unpaired) electrons. The number of thiazole rings is 1. The van der Waals surface area contributed by atoms with Crippen molar-refractivity contribution in [2.75, 3.05) is 0 Å². The van der Waals surface area contributed by atoms with Crippen LogP contribution in [0.5, 0.6) is 5.75 Å². The van der Waals surface area contributed by atoms with Crippen LogP contribution in [0.15, 0.2) is 44.9 Å². The highest BCUT2D eigenvalue weighted by molar-refractivity contribution is 7.09. The van der Waals surface area contributed by atoms with E-state index < -0.39 is 0 Å². The maximum absolute atomic E-state index is 11.3. The highest BCUT2D eigenvalue weighted by Crippen LogP contribution is 2.26. The molecule has 0 N–H and O–H groups in total. The van der Waals surface area contributed by atoms with Gasteiger partial charge in [-0.05, 0) is 18.2 Å². The smallest absolute Gasteiger partial charge is 0.336 e. The molecule has 0 spiro atoms. The van der Waals surface area contributed by atoms with Crippen LogP contribution in [0.3, 0.4) is 0 Å². The van der Waals surface area contributed by atoms with E-state index in [-0.39, 0.29) is 11.0 Å². The van der Waals surface area contributed by atoms with E-state index in [1.165, 1.54) is 6.07 Å². The van der Waals surface area contributed by atoms with Crippen LogP contribution in [0.4, 0.5) is 0 Å². The Morgan fingerprint density at radius 3 is 2.73 bits per heavy atom. The number of benzene rings is 1. The van der Waals surface area contributed by atoms with Gasteiger partial charge in [0.25, 0.3) is 0 Å². The van der Waals surface area contributed by atoms with Gasteiger partial charge in [0, 0.05) is 28.3 Å². The second-order valence-corrected chi connectivity index (χ2v) is 6.99. The number of hydrogen-bond donors (Lipinski definition) is 0. The molecule has 0 bridgehead atoms. The zero-order chi connectivity index (χ0) is 15.7. The van der Waals surface area contributed by atoms with Crippen LogP contribution in [-0.4, -0.2) is 4.98 Å². The third-order valence-corrected chi connectivity index (χ3v) is 4.49. The molecule has 0 amide bonds. The van der Waals surface area contributed by atoms with Crippen molar-refractivity contribution in [3.8, 4) is 5.75 Å². The van der Waals surface area contributed by atoms with Crippen molar-refractivity contribution in [1.82, 2.24) is 4.98 Å². The Balaban J connectivity index is 1.76. The summed E-state index contributed by atoms with van der Waals surface area (Å²) in [5, 5.41) is 3.98. The minimum Gasteiger partial charge on any atom is -0.487 e. The molecule has 3 aromatic rings. The second-order valence-electron chi connectivity index (χ2n) is 6.14. The van der Waals surface area contributed by atoms with Crippen LogP contribution in [0, 0.1) is 0 Å². The average molecular weight is 315 g/mol. The number of nitrogens with zero attached hydrogens (tertiary/aromatic N) is 1. The van der Waals surface area contributed by atoms with Gasteiger partial charge in [-0.15, -0.1) is 11.3 Å². The van der Waals surface area contributed by atoms with E-state index in [9.17, 15) is 4.79 Å². The normalized spacial score (nSPS) is 11.8. The third-order valence-electron chi connectivity index (χ3n) is 3.17. The maximum Gasteiger partial charge on any atom is 0.336 e. The van der Waals surface area contributed by atoms with E-state index in [0.717, 1.165) is 16.1 Å². The van der Waals surface area contributed by atoms with Crippen LogP contribution in [0.25, 0.3) is 11.0 Å². The molecule has 22 heavy (non-hydrogen) atoms. The number of ether oxygens (including phenoxy) is 1. The van der Waals surface area contributed by atoms with Crippen molar-refractivity contribution >= 4 is 22.3 Å². The first kappa shape index (κ1) is 14.8. The molecular weight excluding hydrogens is 298 g/mol. The minimum atomic E-state index is -0.362. The van der Waals surface area contributed by atoms with Gasteiger partial charge in [-0.3, -0.25) is 0 Å². The van der Waals surface area contributed by atoms with Crippen LogP contribution in [0.2, 0.25) is 0 Å². The van der Waals surface area contributed by atoms with Crippen LogP contribution in [0.1, 0.15) is 31.5 Å². The molecule has 3 rings (SSSR count). The molecule has 4 nitrogen and oxygen atoms in total. The Hall–Kier alpha value is -2.14. The molecule has 0 aliphatic rings. The minimum absolute atomic E-state index is 0.0509. The van der Waals surface area contributed by atoms with Gasteiger partial charge in [-0.25, -0.2) is 9.78 Å². The van der Waals surface area contributed by atoms with Gasteiger partial charge in [0.2, 0.25) is 0 Å². The lowest BCUT2D eigenvalue weighted by Gasteiger charge is -2.13. The Bertz CT molecular complexity index is 858. The molecular formula is C17H17NO3S. The summed E-state index contributed by atoms with van der Waals surface area (Å²) in [7, 11) is 0. The first-order valence-corrected chi connectivity index (χ1v) is 7.91. The van der Waals surface area contributed by atoms with Crippen molar-refractivity contribution < 1.29 is 9.15 Å². The van der Waals surface area contributed by atoms with Gasteiger partial charge < -0.3 is 9.15 Å². The largest absolute Gasteiger partial charge is 0.487 e. The summed E-state index contributed by atoms with van der Waals surface area (Å²) in [6.45, 7) is 6.82. The molecule has 5 heteroatoms. The summed E-state index contributed by atoms with van der Waals surface area (Å²) in [4.78, 5) is 15.8. The van der Waals surface area contributed by atoms with Crippen molar-refractivity contribution in [1.29, 1.82) is 0 Å². The topological polar surface area (TPSA) is 52.3 Å². The standard InChI is InChI=1S/C17H17NO3S/c1-17(2,3)16-18-12(10-22-16)9-20-13-6-4-11-5-7-15(19)21-14(11)8-13/h4-8,10H,9H2,1-3H3. The monoisotopic (exact) mass is 315 g/mol. The fourth-order valence-corrected chi connectivity index (χ4v) is 2.90. The van der Waals surface area contributed by atoms with Gasteiger partial charge in [0.15, 0.2) is 0 Å². The third kappa shape index (κ3) is 3.20. The molecule has 0 saturated heterocycles. The Kier molecular flexibility index (Phi) is 3.74. The van der Waals surface area contributed by atoms with Gasteiger partial charge in [0.05, 0.1) is 10.7 Å². The highest BCUT2D eigenvalue weighted by atomic mass is 32.1. The summed E-state index contributed by atoms with van der Waals surface area (Å²) in [6.07, 6.45) is 0. The lowest BCUT2D eigenvalue weighted by molar-refractivity contribution is 0.301. The predicted molar refractivity (Wildman–Crippen MR) is 87.6 cm³/mol. The quantitative estimate of drug-likeness (QED) is 0.682. The van der Waals surface area contributed by atoms with Gasteiger partial charge >= 0.3 is 5.63 Å². The molecule has 0 aliphatic carbocycles. The van der Waals surface area contributed by atoms with E-state index in [1.54, 1.807) is 23.5 Å². The molecule has 1 aromatic carbocycles. The van der Waals surface area contributed by atoms with Crippen LogP contribution in [-0.2, 0) is 12.0 Å². The molecule has 0 saturated carbocycles. The number of aromatic nitrogens is 1. The number of hydrogen-bond acceptors (Lipinski definition) is 5. The van der Waals surface area contributed by atoms with Crippen molar-refractivity contribution in [3.63, 3.8) is 0 Å². The summed E-state index contributed by atoms with van der Waals surface area (Å²) in [5.74, 6) is 0.659. The molecule has 0 fully saturated rings. The second kappa shape index (κ2) is 5.57. The molecule has 0 unspecified atom stereocenters. The van der Waals surface area contributed by atoms with Gasteiger partial charge in [0.1, 0.15) is 17.9 Å². The summed E-state index contributed by atoms with van der Waals surface area (Å²) >= 11 is 1.65. The number of fused-ring (bicyclic) bond motifs is 1. The zero-order valence-electron chi connectivity index (χ0n) is 12.8. The molecule has 2 aromatic heterocycles. The Morgan fingerprint density at radius 2 is 2.00 bits per heavy atom. The molecule has 0 aliphatic heterocycles. The van der Waals surface area contributed by atoms with Crippen molar-refractivity contribution in [2.24, 2.45) is 0 Å². The first-order valence-electron chi connectivity index (χ1n) is 7.03. The number of rotatable bonds is 3. The van der Waals surface area contributed by atoms with Crippen molar-refractivity contribution in [3.05, 3.63) is 56.8 Å². The first-order chi connectivity index (χ1) is 10.4. The highest BCUT2D eigenvalue weighted by Gasteiger charge is 2.18. The van der Waals surface area contributed by atoms with E-state index in [4.69, 9.17) is 9.15 Å². The van der Waals surface area contributed by atoms with Crippen molar-refractivity contribution in [2.45, 2.75) is 32.8 Å². The van der Waals surface area contributed by atoms with Gasteiger partial charge in [-0.2, -0.15) is 0 Å². The van der Waals surface area contributed by atoms with Gasteiger partial charge in [-0.1, -0.05) is 20.8 Å². The summed E-state index contributed by atoms with van der Waals surface area (Å²) in [6, 6.07) is 8.61. The van der Waals surface area contributed by atoms with E-state index in [2.05, 4.69) is 25.8 Å². The van der Waals surface area contributed by atoms with Crippen LogP contribution < -0.4 is 10.4 Å². The van der Waals surface area contributed by atoms with Crippen LogP contribution >= 0.6 is 11.3 Å². The predicted octanol–water partition coefficient (Wildman–Crippen LogP) is 4.13. The fourth-order valence-electron chi connectivity index (χ4n) is 2.01. The van der Waals surface area contributed by atoms with E-state index in [0.29, 0.717) is 17.9 Å². The maximum atomic E-state index is 11.3. The molecule has 114 valence electrons. The fraction of sp³-hybridized carbons (Fsp3) is 0.294. The average Bonchev–Trinajstić information content (AvgIpc) is 2.93. The Morgan fingerprint density at radius 1 is 1.23 bits per heavy atom. The molecule has 2 heterocycles. The zero-order valence-corrected chi connectivity index (χ0v) is 13.6. The molecule has 0 atom stereocenters.